The lowest BCUT2D eigenvalue weighted by atomic mass is 9.96. The highest BCUT2D eigenvalue weighted by Gasteiger charge is 2.21. The number of hydrogen-bond donors (Lipinski definition) is 1. The van der Waals surface area contributed by atoms with Gasteiger partial charge in [-0.2, -0.15) is 0 Å². The molecule has 0 fully saturated rings. The van der Waals surface area contributed by atoms with Crippen LogP contribution in [0.25, 0.3) is 0 Å². The number of rotatable bonds is 4. The van der Waals surface area contributed by atoms with Gasteiger partial charge >= 0.3 is 0 Å². The fraction of sp³-hybridized carbons (Fsp3) is 0.250. The fourth-order valence-electron chi connectivity index (χ4n) is 2.32. The number of methoxy groups -OCH3 is 1. The van der Waals surface area contributed by atoms with E-state index >= 15 is 0 Å². The first kappa shape index (κ1) is 15.7. The minimum Gasteiger partial charge on any atom is -0.496 e. The topological polar surface area (TPSA) is 21.3 Å². The molecular weight excluding hydrogens is 296 g/mol. The summed E-state index contributed by atoms with van der Waals surface area (Å²) in [6.07, 6.45) is 0. The Morgan fingerprint density at radius 1 is 1.10 bits per heavy atom. The van der Waals surface area contributed by atoms with Gasteiger partial charge in [0, 0.05) is 10.6 Å². The van der Waals surface area contributed by atoms with Crippen LogP contribution in [0.15, 0.2) is 30.3 Å². The molecule has 2 aromatic carbocycles. The second-order valence-electron chi connectivity index (χ2n) is 4.75. The van der Waals surface area contributed by atoms with Gasteiger partial charge < -0.3 is 10.1 Å². The summed E-state index contributed by atoms with van der Waals surface area (Å²) >= 11 is 6.07. The molecule has 2 rings (SSSR count). The number of hydrogen-bond acceptors (Lipinski definition) is 2. The van der Waals surface area contributed by atoms with Crippen LogP contribution in [0.3, 0.4) is 0 Å². The molecule has 0 aliphatic rings. The molecule has 0 saturated heterocycles. The Balaban J connectivity index is 2.59. The third-order valence-electron chi connectivity index (χ3n) is 3.34. The monoisotopic (exact) mass is 311 g/mol. The molecule has 0 bridgehead atoms. The van der Waals surface area contributed by atoms with Gasteiger partial charge in [0.05, 0.1) is 13.2 Å². The molecule has 0 heterocycles. The summed E-state index contributed by atoms with van der Waals surface area (Å²) in [7, 11) is 3.29. The number of nitrogens with one attached hydrogen (secondary N) is 1. The maximum Gasteiger partial charge on any atom is 0.160 e. The summed E-state index contributed by atoms with van der Waals surface area (Å²) in [4.78, 5) is 0. The molecule has 0 radical (unpaired) electrons. The van der Waals surface area contributed by atoms with Crippen molar-refractivity contribution in [3.05, 3.63) is 63.7 Å². The van der Waals surface area contributed by atoms with Crippen LogP contribution < -0.4 is 10.1 Å². The lowest BCUT2D eigenvalue weighted by Gasteiger charge is -2.21. The summed E-state index contributed by atoms with van der Waals surface area (Å²) in [6.45, 7) is 1.95. The van der Waals surface area contributed by atoms with Crippen LogP contribution in [0, 0.1) is 18.6 Å². The Hall–Kier alpha value is -1.65. The van der Waals surface area contributed by atoms with Crippen LogP contribution in [0.1, 0.15) is 22.7 Å². The van der Waals surface area contributed by atoms with Crippen molar-refractivity contribution in [2.24, 2.45) is 0 Å². The smallest absolute Gasteiger partial charge is 0.160 e. The van der Waals surface area contributed by atoms with Crippen molar-refractivity contribution < 1.29 is 13.5 Å². The maximum atomic E-state index is 13.5. The van der Waals surface area contributed by atoms with E-state index in [1.54, 1.807) is 14.2 Å². The second-order valence-corrected chi connectivity index (χ2v) is 5.16. The van der Waals surface area contributed by atoms with Gasteiger partial charge in [0.25, 0.3) is 0 Å². The van der Waals surface area contributed by atoms with E-state index in [0.717, 1.165) is 23.3 Å². The molecule has 1 unspecified atom stereocenters. The first-order chi connectivity index (χ1) is 9.97. The van der Waals surface area contributed by atoms with E-state index in [9.17, 15) is 8.78 Å². The standard InChI is InChI=1S/C16H16ClF2NO/c1-9-4-5-15(21-3)11(6-9)16(20-2)10-7-13(18)14(19)8-12(10)17/h4-8,16,20H,1-3H3. The van der Waals surface area contributed by atoms with Crippen LogP contribution in [-0.4, -0.2) is 14.2 Å². The van der Waals surface area contributed by atoms with E-state index in [1.165, 1.54) is 0 Å². The number of ether oxygens (including phenoxy) is 1. The van der Waals surface area contributed by atoms with Crippen LogP contribution in [0.4, 0.5) is 8.78 Å². The summed E-state index contributed by atoms with van der Waals surface area (Å²) in [5.41, 5.74) is 2.31. The Morgan fingerprint density at radius 3 is 2.38 bits per heavy atom. The van der Waals surface area contributed by atoms with Crippen molar-refractivity contribution in [1.29, 1.82) is 0 Å². The molecule has 5 heteroatoms. The van der Waals surface area contributed by atoms with Crippen LogP contribution in [0.5, 0.6) is 5.75 Å². The molecular formula is C16H16ClF2NO. The molecule has 21 heavy (non-hydrogen) atoms. The van der Waals surface area contributed by atoms with E-state index in [4.69, 9.17) is 16.3 Å². The van der Waals surface area contributed by atoms with Crippen molar-refractivity contribution in [2.75, 3.05) is 14.2 Å². The summed E-state index contributed by atoms with van der Waals surface area (Å²) in [5.74, 6) is -1.24. The van der Waals surface area contributed by atoms with Crippen molar-refractivity contribution in [3.63, 3.8) is 0 Å². The Morgan fingerprint density at radius 2 is 1.76 bits per heavy atom. The highest BCUT2D eigenvalue weighted by Crippen LogP contribution is 2.35. The first-order valence-corrected chi connectivity index (χ1v) is 6.82. The molecule has 2 nitrogen and oxygen atoms in total. The van der Waals surface area contributed by atoms with E-state index in [1.807, 2.05) is 25.1 Å². The first-order valence-electron chi connectivity index (χ1n) is 6.44. The zero-order chi connectivity index (χ0) is 15.6. The predicted molar refractivity (Wildman–Crippen MR) is 80.0 cm³/mol. The van der Waals surface area contributed by atoms with Crippen molar-refractivity contribution in [3.8, 4) is 5.75 Å². The van der Waals surface area contributed by atoms with Crippen molar-refractivity contribution >= 4 is 11.6 Å². The van der Waals surface area contributed by atoms with Crippen molar-refractivity contribution in [2.45, 2.75) is 13.0 Å². The molecule has 0 aliphatic heterocycles. The van der Waals surface area contributed by atoms with Gasteiger partial charge in [0.15, 0.2) is 11.6 Å². The van der Waals surface area contributed by atoms with Gasteiger partial charge in [-0.25, -0.2) is 8.78 Å². The van der Waals surface area contributed by atoms with Crippen LogP contribution in [0.2, 0.25) is 5.02 Å². The van der Waals surface area contributed by atoms with Gasteiger partial charge in [0.2, 0.25) is 0 Å². The molecule has 2 aromatic rings. The number of aryl methyl sites for hydroxylation is 1. The molecule has 1 N–H and O–H groups in total. The average molecular weight is 312 g/mol. The zero-order valence-electron chi connectivity index (χ0n) is 12.0. The summed E-state index contributed by atoms with van der Waals surface area (Å²) < 4.78 is 32.1. The minimum atomic E-state index is -0.963. The quantitative estimate of drug-likeness (QED) is 0.853. The predicted octanol–water partition coefficient (Wildman–Crippen LogP) is 4.24. The van der Waals surface area contributed by atoms with E-state index in [2.05, 4.69) is 5.32 Å². The third kappa shape index (κ3) is 3.17. The van der Waals surface area contributed by atoms with E-state index < -0.39 is 17.7 Å². The molecule has 0 amide bonds. The Bertz CT molecular complexity index is 661. The fourth-order valence-corrected chi connectivity index (χ4v) is 2.58. The molecule has 1 atom stereocenters. The maximum absolute atomic E-state index is 13.5. The van der Waals surface area contributed by atoms with Crippen LogP contribution in [-0.2, 0) is 0 Å². The third-order valence-corrected chi connectivity index (χ3v) is 3.66. The number of halogens is 3. The summed E-state index contributed by atoms with van der Waals surface area (Å²) in [5, 5.41) is 3.23. The SMILES string of the molecule is CNC(c1cc(F)c(F)cc1Cl)c1cc(C)ccc1OC. The lowest BCUT2D eigenvalue weighted by molar-refractivity contribution is 0.405. The van der Waals surface area contributed by atoms with Gasteiger partial charge in [-0.15, -0.1) is 0 Å². The molecule has 0 spiro atoms. The van der Waals surface area contributed by atoms with E-state index in [-0.39, 0.29) is 5.02 Å². The highest BCUT2D eigenvalue weighted by molar-refractivity contribution is 6.31. The minimum absolute atomic E-state index is 0.164. The second kappa shape index (κ2) is 6.41. The Kier molecular flexibility index (Phi) is 4.80. The summed E-state index contributed by atoms with van der Waals surface area (Å²) in [6, 6.07) is 7.38. The van der Waals surface area contributed by atoms with Crippen LogP contribution >= 0.6 is 11.6 Å². The van der Waals surface area contributed by atoms with Gasteiger partial charge in [0.1, 0.15) is 5.75 Å². The largest absolute Gasteiger partial charge is 0.496 e. The molecule has 0 saturated carbocycles. The highest BCUT2D eigenvalue weighted by atomic mass is 35.5. The van der Waals surface area contributed by atoms with Gasteiger partial charge in [-0.3, -0.25) is 0 Å². The molecule has 0 aromatic heterocycles. The van der Waals surface area contributed by atoms with Gasteiger partial charge in [-0.05, 0) is 37.7 Å². The lowest BCUT2D eigenvalue weighted by Crippen LogP contribution is -2.19. The zero-order valence-corrected chi connectivity index (χ0v) is 12.8. The van der Waals surface area contributed by atoms with E-state index in [0.29, 0.717) is 11.3 Å². The van der Waals surface area contributed by atoms with Crippen molar-refractivity contribution in [1.82, 2.24) is 5.32 Å². The van der Waals surface area contributed by atoms with Gasteiger partial charge in [-0.1, -0.05) is 29.3 Å². The Labute approximate surface area is 127 Å². The molecule has 0 aliphatic carbocycles. The normalized spacial score (nSPS) is 12.3. The number of benzene rings is 2. The average Bonchev–Trinajstić information content (AvgIpc) is 2.45. The molecule has 112 valence electrons.